The molecule has 0 radical (unpaired) electrons. The van der Waals surface area contributed by atoms with Crippen molar-refractivity contribution in [1.29, 1.82) is 0 Å². The first-order valence-corrected chi connectivity index (χ1v) is 6.73. The summed E-state index contributed by atoms with van der Waals surface area (Å²) in [6.45, 7) is 0. The van der Waals surface area contributed by atoms with E-state index in [0.717, 1.165) is 0 Å². The molecule has 0 unspecified atom stereocenters. The van der Waals surface area contributed by atoms with E-state index in [1.807, 2.05) is 25.2 Å². The van der Waals surface area contributed by atoms with Crippen molar-refractivity contribution >= 4 is 28.5 Å². The minimum absolute atomic E-state index is 0.324. The van der Waals surface area contributed by atoms with E-state index in [2.05, 4.69) is 10.5 Å². The Morgan fingerprint density at radius 1 is 1.57 bits per heavy atom. The largest absolute Gasteiger partial charge is 0.433 e. The Kier molecular flexibility index (Phi) is 3.01. The average Bonchev–Trinajstić information content (AvgIpc) is 3.05. The molecule has 0 bridgehead atoms. The fourth-order valence-electron chi connectivity index (χ4n) is 1.97. The molecule has 3 N–H and O–H groups in total. The fraction of sp³-hybridized carbons (Fsp3) is 0.182. The van der Waals surface area contributed by atoms with Crippen LogP contribution in [-0.2, 0) is 0 Å². The lowest BCUT2D eigenvalue weighted by molar-refractivity contribution is -0.402. The quantitative estimate of drug-likeness (QED) is 0.629. The molecule has 2 aliphatic rings. The molecule has 0 spiro atoms. The molecule has 21 heavy (non-hydrogen) atoms. The van der Waals surface area contributed by atoms with Gasteiger partial charge in [-0.1, -0.05) is 0 Å². The summed E-state index contributed by atoms with van der Waals surface area (Å²) in [7, 11) is 3.75. The van der Waals surface area contributed by atoms with Crippen LogP contribution in [0.2, 0.25) is 0 Å². The predicted molar refractivity (Wildman–Crippen MR) is 78.2 cm³/mol. The van der Waals surface area contributed by atoms with Crippen molar-refractivity contribution in [3.8, 4) is 0 Å². The number of hydrazone groups is 1. The van der Waals surface area contributed by atoms with Crippen molar-refractivity contribution in [3.63, 3.8) is 0 Å². The summed E-state index contributed by atoms with van der Waals surface area (Å²) in [4.78, 5) is 13.8. The van der Waals surface area contributed by atoms with E-state index in [0.29, 0.717) is 27.5 Å². The maximum atomic E-state index is 10.7. The van der Waals surface area contributed by atoms with E-state index in [1.165, 1.54) is 23.9 Å². The highest BCUT2D eigenvalue weighted by atomic mass is 32.2. The summed E-state index contributed by atoms with van der Waals surface area (Å²) in [6.07, 6.45) is 1.83. The molecule has 2 aliphatic heterocycles. The first-order chi connectivity index (χ1) is 9.97. The summed E-state index contributed by atoms with van der Waals surface area (Å²) >= 11 is 1.27. The van der Waals surface area contributed by atoms with Gasteiger partial charge in [-0.25, -0.2) is 0 Å². The molecular formula is C11H12N6O3S. The van der Waals surface area contributed by atoms with E-state index >= 15 is 0 Å². The molecule has 110 valence electrons. The molecule has 0 atom stereocenters. The molecule has 10 heteroatoms. The number of hydrogen-bond acceptors (Lipinski definition) is 9. The van der Waals surface area contributed by atoms with Crippen LogP contribution in [0.4, 0.5) is 5.88 Å². The number of furan rings is 1. The zero-order valence-electron chi connectivity index (χ0n) is 11.2. The molecule has 3 rings (SSSR count). The number of rotatable bonds is 3. The first-order valence-electron chi connectivity index (χ1n) is 5.91. The Hall–Kier alpha value is -2.62. The highest BCUT2D eigenvalue weighted by Crippen LogP contribution is 2.42. The molecular weight excluding hydrogens is 296 g/mol. The summed E-state index contributed by atoms with van der Waals surface area (Å²) < 4.78 is 5.25. The standard InChI is InChI=1S/C11H12N6O3S/c1-15(2)5-7-13-14-11-16(7)9(10(12)21-11)6-3-4-8(20-6)17(18)19/h3-5,13H,12H2,1-2H3. The van der Waals surface area contributed by atoms with Gasteiger partial charge in [0, 0.05) is 20.3 Å². The molecule has 0 saturated carbocycles. The zero-order chi connectivity index (χ0) is 15.1. The normalized spacial score (nSPS) is 18.9. The van der Waals surface area contributed by atoms with Gasteiger partial charge < -0.3 is 15.1 Å². The van der Waals surface area contributed by atoms with Crippen LogP contribution in [0.1, 0.15) is 5.76 Å². The maximum absolute atomic E-state index is 10.7. The smallest absolute Gasteiger partial charge is 0.399 e. The highest BCUT2D eigenvalue weighted by Gasteiger charge is 2.38. The van der Waals surface area contributed by atoms with Gasteiger partial charge in [0.1, 0.15) is 21.5 Å². The van der Waals surface area contributed by atoms with Crippen LogP contribution >= 0.6 is 11.8 Å². The molecule has 1 aromatic rings. The number of hydrogen-bond donors (Lipinski definition) is 2. The molecule has 0 aliphatic carbocycles. The van der Waals surface area contributed by atoms with Crippen molar-refractivity contribution in [3.05, 3.63) is 45.1 Å². The summed E-state index contributed by atoms with van der Waals surface area (Å²) in [5, 5.41) is 16.0. The molecule has 1 aromatic heterocycles. The van der Waals surface area contributed by atoms with Crippen LogP contribution in [0.3, 0.4) is 0 Å². The number of nitro groups is 1. The zero-order valence-corrected chi connectivity index (χ0v) is 12.0. The van der Waals surface area contributed by atoms with Gasteiger partial charge in [-0.15, -0.1) is 5.10 Å². The lowest BCUT2D eigenvalue weighted by Gasteiger charge is -2.18. The number of nitrogens with one attached hydrogen (secondary N) is 1. The van der Waals surface area contributed by atoms with Gasteiger partial charge >= 0.3 is 5.88 Å². The molecule has 0 fully saturated rings. The van der Waals surface area contributed by atoms with Crippen molar-refractivity contribution < 1.29 is 9.34 Å². The van der Waals surface area contributed by atoms with Crippen LogP contribution in [0.5, 0.6) is 0 Å². The third-order valence-corrected chi connectivity index (χ3v) is 3.61. The van der Waals surface area contributed by atoms with Gasteiger partial charge in [0.15, 0.2) is 10.9 Å². The van der Waals surface area contributed by atoms with E-state index in [1.54, 1.807) is 4.90 Å². The van der Waals surface area contributed by atoms with Crippen molar-refractivity contribution in [2.24, 2.45) is 10.8 Å². The molecule has 9 nitrogen and oxygen atoms in total. The van der Waals surface area contributed by atoms with Gasteiger partial charge in [0.05, 0.1) is 6.07 Å². The first kappa shape index (κ1) is 13.4. The monoisotopic (exact) mass is 308 g/mol. The minimum atomic E-state index is -0.587. The van der Waals surface area contributed by atoms with Gasteiger partial charge in [0.2, 0.25) is 0 Å². The van der Waals surface area contributed by atoms with E-state index in [4.69, 9.17) is 10.2 Å². The highest BCUT2D eigenvalue weighted by molar-refractivity contribution is 8.17. The Morgan fingerprint density at radius 2 is 2.33 bits per heavy atom. The van der Waals surface area contributed by atoms with Crippen molar-refractivity contribution in [1.82, 2.24) is 15.2 Å². The second-order valence-electron chi connectivity index (χ2n) is 4.53. The number of fused-ring (bicyclic) bond motifs is 1. The van der Waals surface area contributed by atoms with Gasteiger partial charge in [-0.2, -0.15) is 0 Å². The Morgan fingerprint density at radius 3 is 2.95 bits per heavy atom. The lowest BCUT2D eigenvalue weighted by atomic mass is 10.3. The Labute approximate surface area is 123 Å². The van der Waals surface area contributed by atoms with Crippen LogP contribution < -0.4 is 11.2 Å². The number of nitrogens with zero attached hydrogens (tertiary/aromatic N) is 4. The predicted octanol–water partition coefficient (Wildman–Crippen LogP) is 1.06. The topological polar surface area (TPSA) is 113 Å². The third-order valence-electron chi connectivity index (χ3n) is 2.74. The van der Waals surface area contributed by atoms with E-state index in [9.17, 15) is 10.1 Å². The third kappa shape index (κ3) is 2.18. The average molecular weight is 308 g/mol. The van der Waals surface area contributed by atoms with E-state index in [-0.39, 0.29) is 5.88 Å². The fourth-order valence-corrected chi connectivity index (χ4v) is 2.82. The van der Waals surface area contributed by atoms with Crippen LogP contribution in [0.25, 0.3) is 5.70 Å². The van der Waals surface area contributed by atoms with Crippen LogP contribution in [-0.4, -0.2) is 34.0 Å². The van der Waals surface area contributed by atoms with Crippen molar-refractivity contribution in [2.75, 3.05) is 14.1 Å². The van der Waals surface area contributed by atoms with Gasteiger partial charge in [-0.3, -0.25) is 20.4 Å². The SMILES string of the molecule is CN(C)C=C1NN=C2SC(N)=C(c3ccc([N+](=O)[O-])o3)N12. The molecule has 3 heterocycles. The van der Waals surface area contributed by atoms with Gasteiger partial charge in [0.25, 0.3) is 0 Å². The second-order valence-corrected chi connectivity index (χ2v) is 5.54. The summed E-state index contributed by atoms with van der Waals surface area (Å²) in [5.41, 5.74) is 9.43. The number of nitrogens with two attached hydrogens (primary N) is 1. The Bertz CT molecular complexity index is 705. The lowest BCUT2D eigenvalue weighted by Crippen LogP contribution is -2.23. The number of amidine groups is 1. The number of thioether (sulfide) groups is 1. The van der Waals surface area contributed by atoms with Crippen LogP contribution in [0, 0.1) is 10.1 Å². The Balaban J connectivity index is 2.01. The second kappa shape index (κ2) is 4.74. The summed E-state index contributed by atoms with van der Waals surface area (Å²) in [6, 6.07) is 2.82. The van der Waals surface area contributed by atoms with Gasteiger partial charge in [-0.05, 0) is 17.8 Å². The maximum Gasteiger partial charge on any atom is 0.433 e. The minimum Gasteiger partial charge on any atom is -0.399 e. The molecule has 0 aromatic carbocycles. The molecule has 0 saturated heterocycles. The molecule has 0 amide bonds. The van der Waals surface area contributed by atoms with Crippen molar-refractivity contribution in [2.45, 2.75) is 0 Å². The summed E-state index contributed by atoms with van der Waals surface area (Å²) in [5.74, 6) is 0.688. The van der Waals surface area contributed by atoms with E-state index < -0.39 is 4.92 Å². The van der Waals surface area contributed by atoms with Crippen LogP contribution in [0.15, 0.2) is 38.7 Å².